The Balaban J connectivity index is 2.35. The van der Waals surface area contributed by atoms with Crippen molar-refractivity contribution in [1.29, 1.82) is 0 Å². The molecule has 0 aromatic carbocycles. The molecule has 0 bridgehead atoms. The molecule has 1 fully saturated rings. The maximum Gasteiger partial charge on any atom is 0.186 e. The molecule has 1 saturated heterocycles. The van der Waals surface area contributed by atoms with Crippen molar-refractivity contribution in [3.63, 3.8) is 0 Å². The SMILES string of the molecule is CNNCCO[C@@H]1O[C@@H](C)[C@@H](O)[C@@H](O)[C@@H]1O. The van der Waals surface area contributed by atoms with Crippen LogP contribution in [0.3, 0.4) is 0 Å². The highest BCUT2D eigenvalue weighted by atomic mass is 16.7. The van der Waals surface area contributed by atoms with Crippen LogP contribution in [0.2, 0.25) is 0 Å². The van der Waals surface area contributed by atoms with E-state index in [1.807, 2.05) is 0 Å². The zero-order valence-corrected chi connectivity index (χ0v) is 9.46. The van der Waals surface area contributed by atoms with Crippen LogP contribution >= 0.6 is 0 Å². The normalized spacial score (nSPS) is 39.9. The number of hydrogen-bond donors (Lipinski definition) is 5. The molecule has 7 heteroatoms. The highest BCUT2D eigenvalue weighted by molar-refractivity contribution is 4.87. The van der Waals surface area contributed by atoms with Gasteiger partial charge in [-0.1, -0.05) is 0 Å². The van der Waals surface area contributed by atoms with Gasteiger partial charge in [-0.2, -0.15) is 0 Å². The number of ether oxygens (including phenoxy) is 2. The summed E-state index contributed by atoms with van der Waals surface area (Å²) in [5, 5.41) is 28.5. The molecule has 0 aliphatic carbocycles. The second-order valence-electron chi connectivity index (χ2n) is 3.73. The first kappa shape index (κ1) is 13.8. The Morgan fingerprint density at radius 3 is 2.50 bits per heavy atom. The van der Waals surface area contributed by atoms with Crippen molar-refractivity contribution in [3.8, 4) is 0 Å². The lowest BCUT2D eigenvalue weighted by Crippen LogP contribution is -2.57. The van der Waals surface area contributed by atoms with Crippen LogP contribution in [0.5, 0.6) is 0 Å². The summed E-state index contributed by atoms with van der Waals surface area (Å²) in [6, 6.07) is 0. The van der Waals surface area contributed by atoms with Gasteiger partial charge in [0.05, 0.1) is 12.7 Å². The molecule has 1 aliphatic rings. The summed E-state index contributed by atoms with van der Waals surface area (Å²) in [5.74, 6) is 0. The first-order valence-electron chi connectivity index (χ1n) is 5.28. The average Bonchev–Trinajstić information content (AvgIpc) is 2.28. The number of nitrogens with one attached hydrogen (secondary N) is 2. The summed E-state index contributed by atoms with van der Waals surface area (Å²) in [4.78, 5) is 0. The summed E-state index contributed by atoms with van der Waals surface area (Å²) in [5.41, 5.74) is 5.53. The summed E-state index contributed by atoms with van der Waals surface area (Å²) in [7, 11) is 1.73. The van der Waals surface area contributed by atoms with Crippen LogP contribution in [0.25, 0.3) is 0 Å². The number of aliphatic hydroxyl groups excluding tert-OH is 3. The first-order valence-corrected chi connectivity index (χ1v) is 5.28. The molecule has 7 nitrogen and oxygen atoms in total. The van der Waals surface area contributed by atoms with E-state index in [-0.39, 0.29) is 0 Å². The lowest BCUT2D eigenvalue weighted by molar-refractivity contribution is -0.292. The monoisotopic (exact) mass is 236 g/mol. The molecular weight excluding hydrogens is 216 g/mol. The second kappa shape index (κ2) is 6.45. The topological polar surface area (TPSA) is 103 Å². The Bertz CT molecular complexity index is 206. The lowest BCUT2D eigenvalue weighted by atomic mass is 10.0. The third-order valence-corrected chi connectivity index (χ3v) is 2.49. The van der Waals surface area contributed by atoms with Crippen LogP contribution in [-0.2, 0) is 9.47 Å². The van der Waals surface area contributed by atoms with E-state index >= 15 is 0 Å². The predicted octanol–water partition coefficient (Wildman–Crippen LogP) is -2.45. The van der Waals surface area contributed by atoms with Crippen molar-refractivity contribution in [1.82, 2.24) is 10.9 Å². The molecule has 5 atom stereocenters. The van der Waals surface area contributed by atoms with E-state index in [9.17, 15) is 15.3 Å². The van der Waals surface area contributed by atoms with E-state index in [0.717, 1.165) is 0 Å². The van der Waals surface area contributed by atoms with E-state index < -0.39 is 30.7 Å². The summed E-state index contributed by atoms with van der Waals surface area (Å²) in [6.45, 7) is 2.47. The smallest absolute Gasteiger partial charge is 0.186 e. The second-order valence-corrected chi connectivity index (χ2v) is 3.73. The fourth-order valence-electron chi connectivity index (χ4n) is 1.50. The molecule has 0 aromatic heterocycles. The van der Waals surface area contributed by atoms with Gasteiger partial charge in [-0.3, -0.25) is 10.9 Å². The van der Waals surface area contributed by atoms with Crippen molar-refractivity contribution >= 4 is 0 Å². The van der Waals surface area contributed by atoms with Crippen LogP contribution in [0.15, 0.2) is 0 Å². The van der Waals surface area contributed by atoms with E-state index in [0.29, 0.717) is 13.2 Å². The Hall–Kier alpha value is -0.280. The van der Waals surface area contributed by atoms with Gasteiger partial charge in [-0.05, 0) is 14.0 Å². The van der Waals surface area contributed by atoms with Gasteiger partial charge in [-0.15, -0.1) is 0 Å². The molecule has 0 aromatic rings. The molecule has 0 saturated carbocycles. The van der Waals surface area contributed by atoms with Gasteiger partial charge in [0.15, 0.2) is 6.29 Å². The van der Waals surface area contributed by atoms with E-state index in [1.54, 1.807) is 14.0 Å². The largest absolute Gasteiger partial charge is 0.388 e. The summed E-state index contributed by atoms with van der Waals surface area (Å²) in [6.07, 6.45) is -5.05. The molecule has 5 N–H and O–H groups in total. The third kappa shape index (κ3) is 3.36. The Morgan fingerprint density at radius 2 is 1.88 bits per heavy atom. The zero-order valence-electron chi connectivity index (χ0n) is 9.46. The van der Waals surface area contributed by atoms with Crippen molar-refractivity contribution in [3.05, 3.63) is 0 Å². The quantitative estimate of drug-likeness (QED) is 0.267. The van der Waals surface area contributed by atoms with Crippen molar-refractivity contribution in [2.24, 2.45) is 0 Å². The minimum Gasteiger partial charge on any atom is -0.388 e. The molecule has 0 unspecified atom stereocenters. The lowest BCUT2D eigenvalue weighted by Gasteiger charge is -2.38. The Labute approximate surface area is 94.3 Å². The van der Waals surface area contributed by atoms with Crippen molar-refractivity contribution < 1.29 is 24.8 Å². The number of aliphatic hydroxyl groups is 3. The highest BCUT2D eigenvalue weighted by Crippen LogP contribution is 2.21. The minimum absolute atomic E-state index is 0.318. The van der Waals surface area contributed by atoms with Gasteiger partial charge >= 0.3 is 0 Å². The van der Waals surface area contributed by atoms with E-state index in [4.69, 9.17) is 9.47 Å². The number of hydrazine groups is 1. The molecule has 1 heterocycles. The summed E-state index contributed by atoms with van der Waals surface area (Å²) >= 11 is 0. The Kier molecular flexibility index (Phi) is 5.56. The third-order valence-electron chi connectivity index (χ3n) is 2.49. The fourth-order valence-corrected chi connectivity index (χ4v) is 1.50. The highest BCUT2D eigenvalue weighted by Gasteiger charge is 2.42. The zero-order chi connectivity index (χ0) is 12.1. The molecule has 96 valence electrons. The first-order chi connectivity index (χ1) is 7.57. The molecule has 0 amide bonds. The maximum absolute atomic E-state index is 9.59. The van der Waals surface area contributed by atoms with Gasteiger partial charge in [0, 0.05) is 6.54 Å². The summed E-state index contributed by atoms with van der Waals surface area (Å²) < 4.78 is 10.5. The maximum atomic E-state index is 9.59. The molecular formula is C9H20N2O5. The van der Waals surface area contributed by atoms with Crippen LogP contribution in [0.4, 0.5) is 0 Å². The molecule has 0 spiro atoms. The van der Waals surface area contributed by atoms with Crippen molar-refractivity contribution in [2.75, 3.05) is 20.2 Å². The fraction of sp³-hybridized carbons (Fsp3) is 1.00. The van der Waals surface area contributed by atoms with Crippen LogP contribution < -0.4 is 10.9 Å². The molecule has 0 radical (unpaired) electrons. The average molecular weight is 236 g/mol. The van der Waals surface area contributed by atoms with Crippen LogP contribution in [0.1, 0.15) is 6.92 Å². The number of rotatable bonds is 5. The predicted molar refractivity (Wildman–Crippen MR) is 55.4 cm³/mol. The van der Waals surface area contributed by atoms with Crippen LogP contribution in [0, 0.1) is 0 Å². The van der Waals surface area contributed by atoms with E-state index in [2.05, 4.69) is 10.9 Å². The Morgan fingerprint density at radius 1 is 1.19 bits per heavy atom. The van der Waals surface area contributed by atoms with Gasteiger partial charge in [-0.25, -0.2) is 0 Å². The minimum atomic E-state index is -1.24. The van der Waals surface area contributed by atoms with Gasteiger partial charge < -0.3 is 24.8 Å². The van der Waals surface area contributed by atoms with Gasteiger partial charge in [0.2, 0.25) is 0 Å². The van der Waals surface area contributed by atoms with Crippen LogP contribution in [-0.4, -0.2) is 66.2 Å². The molecule has 1 aliphatic heterocycles. The van der Waals surface area contributed by atoms with Gasteiger partial charge in [0.25, 0.3) is 0 Å². The van der Waals surface area contributed by atoms with E-state index in [1.165, 1.54) is 0 Å². The number of hydrogen-bond acceptors (Lipinski definition) is 7. The molecule has 1 rings (SSSR count). The standard InChI is InChI=1S/C9H20N2O5/c1-5-6(12)7(13)8(14)9(16-5)15-4-3-11-10-2/h5-14H,3-4H2,1-2H3/t5-,6+,7+,8-,9+/m0/s1. The van der Waals surface area contributed by atoms with Crippen molar-refractivity contribution in [2.45, 2.75) is 37.6 Å². The van der Waals surface area contributed by atoms with Gasteiger partial charge in [0.1, 0.15) is 18.3 Å². The molecule has 16 heavy (non-hydrogen) atoms.